The maximum atomic E-state index is 10.0. The number of carbonyl (C=O) groups excluding carboxylic acids is 1. The fourth-order valence-corrected chi connectivity index (χ4v) is 1.39. The molecular weight excluding hydrogens is 164 g/mol. The predicted molar refractivity (Wildman–Crippen MR) is 52.3 cm³/mol. The highest BCUT2D eigenvalue weighted by Crippen LogP contribution is 2.17. The van der Waals surface area contributed by atoms with E-state index in [4.69, 9.17) is 4.74 Å². The van der Waals surface area contributed by atoms with Gasteiger partial charge in [-0.05, 0) is 26.2 Å². The first-order valence-electron chi connectivity index (χ1n) is 4.75. The molecule has 0 aromatic heterocycles. The molecule has 0 radical (unpaired) electrons. The van der Waals surface area contributed by atoms with Gasteiger partial charge in [-0.1, -0.05) is 23.8 Å². The van der Waals surface area contributed by atoms with Crippen LogP contribution in [0.25, 0.3) is 0 Å². The number of carbonyl (C=O) groups is 1. The molecule has 13 heavy (non-hydrogen) atoms. The zero-order valence-electron chi connectivity index (χ0n) is 8.03. The molecule has 0 fully saturated rings. The van der Waals surface area contributed by atoms with Gasteiger partial charge in [-0.3, -0.25) is 4.79 Å². The average Bonchev–Trinajstić information content (AvgIpc) is 2.17. The van der Waals surface area contributed by atoms with Gasteiger partial charge in [-0.2, -0.15) is 0 Å². The molecule has 0 N–H and O–H groups in total. The molecule has 2 heteroatoms. The summed E-state index contributed by atoms with van der Waals surface area (Å²) in [4.78, 5) is 10.0. The van der Waals surface area contributed by atoms with Crippen LogP contribution < -0.4 is 0 Å². The molecule has 1 rings (SSSR count). The van der Waals surface area contributed by atoms with E-state index in [1.165, 1.54) is 5.57 Å². The van der Waals surface area contributed by atoms with Crippen LogP contribution in [0.1, 0.15) is 32.6 Å². The molecule has 0 amide bonds. The van der Waals surface area contributed by atoms with Gasteiger partial charge in [-0.25, -0.2) is 0 Å². The summed E-state index contributed by atoms with van der Waals surface area (Å²) in [6, 6.07) is 0. The molecule has 0 saturated carbocycles. The standard InChI is InChI=1S/C11H16O2/c1-10(13-9-12)7-8-11-5-3-2-4-6-11/h2-3,8-10H,4-7H2,1H3/b11-8-. The molecule has 72 valence electrons. The topological polar surface area (TPSA) is 26.3 Å². The van der Waals surface area contributed by atoms with Crippen LogP contribution in [0.3, 0.4) is 0 Å². The van der Waals surface area contributed by atoms with Gasteiger partial charge in [0.25, 0.3) is 6.47 Å². The summed E-state index contributed by atoms with van der Waals surface area (Å²) in [6.45, 7) is 2.42. The van der Waals surface area contributed by atoms with E-state index in [-0.39, 0.29) is 6.10 Å². The molecule has 2 nitrogen and oxygen atoms in total. The Hall–Kier alpha value is -1.05. The normalized spacial score (nSPS) is 21.5. The molecule has 0 saturated heterocycles. The van der Waals surface area contributed by atoms with Gasteiger partial charge < -0.3 is 4.74 Å². The van der Waals surface area contributed by atoms with Gasteiger partial charge in [0.05, 0.1) is 0 Å². The van der Waals surface area contributed by atoms with Crippen molar-refractivity contribution >= 4 is 6.47 Å². The van der Waals surface area contributed by atoms with Crippen molar-refractivity contribution in [1.29, 1.82) is 0 Å². The quantitative estimate of drug-likeness (QED) is 0.491. The van der Waals surface area contributed by atoms with E-state index in [2.05, 4.69) is 18.2 Å². The Morgan fingerprint density at radius 2 is 2.46 bits per heavy atom. The first-order valence-corrected chi connectivity index (χ1v) is 4.75. The van der Waals surface area contributed by atoms with Crippen LogP contribution in [-0.4, -0.2) is 12.6 Å². The molecule has 0 aromatic carbocycles. The number of ether oxygens (including phenoxy) is 1. The van der Waals surface area contributed by atoms with Crippen LogP contribution in [0.2, 0.25) is 0 Å². The van der Waals surface area contributed by atoms with Crippen molar-refractivity contribution < 1.29 is 9.53 Å². The van der Waals surface area contributed by atoms with Crippen LogP contribution in [0.5, 0.6) is 0 Å². The van der Waals surface area contributed by atoms with Crippen molar-refractivity contribution in [2.45, 2.75) is 38.7 Å². The van der Waals surface area contributed by atoms with Gasteiger partial charge in [-0.15, -0.1) is 0 Å². The largest absolute Gasteiger partial charge is 0.465 e. The zero-order valence-corrected chi connectivity index (χ0v) is 8.03. The highest BCUT2D eigenvalue weighted by Gasteiger charge is 2.02. The van der Waals surface area contributed by atoms with E-state index in [0.717, 1.165) is 25.7 Å². The van der Waals surface area contributed by atoms with Crippen molar-refractivity contribution in [3.8, 4) is 0 Å². The van der Waals surface area contributed by atoms with Crippen molar-refractivity contribution in [2.75, 3.05) is 0 Å². The Bertz CT molecular complexity index is 216. The Balaban J connectivity index is 2.29. The lowest BCUT2D eigenvalue weighted by Gasteiger charge is -2.10. The molecule has 0 aromatic rings. The SMILES string of the molecule is CC(C/C=C1/CC=CCC1)OC=O. The molecule has 1 aliphatic carbocycles. The molecule has 0 aliphatic heterocycles. The predicted octanol–water partition coefficient (Wildman–Crippen LogP) is 2.60. The number of rotatable bonds is 4. The summed E-state index contributed by atoms with van der Waals surface area (Å²) in [5, 5.41) is 0. The van der Waals surface area contributed by atoms with Gasteiger partial charge in [0.1, 0.15) is 6.10 Å². The zero-order chi connectivity index (χ0) is 9.52. The fourth-order valence-electron chi connectivity index (χ4n) is 1.39. The summed E-state index contributed by atoms with van der Waals surface area (Å²) in [7, 11) is 0. The van der Waals surface area contributed by atoms with E-state index in [0.29, 0.717) is 6.47 Å². The van der Waals surface area contributed by atoms with Crippen LogP contribution in [0.4, 0.5) is 0 Å². The highest BCUT2D eigenvalue weighted by molar-refractivity contribution is 5.37. The second-order valence-corrected chi connectivity index (χ2v) is 3.36. The Kier molecular flexibility index (Phi) is 4.30. The Morgan fingerprint density at radius 1 is 1.62 bits per heavy atom. The van der Waals surface area contributed by atoms with E-state index >= 15 is 0 Å². The second-order valence-electron chi connectivity index (χ2n) is 3.36. The number of hydrogen-bond donors (Lipinski definition) is 0. The van der Waals surface area contributed by atoms with E-state index in [9.17, 15) is 4.79 Å². The second kappa shape index (κ2) is 5.57. The number of hydrogen-bond acceptors (Lipinski definition) is 2. The minimum absolute atomic E-state index is 0.0101. The lowest BCUT2D eigenvalue weighted by atomic mass is 9.99. The maximum Gasteiger partial charge on any atom is 0.293 e. The van der Waals surface area contributed by atoms with E-state index in [1.807, 2.05) is 6.92 Å². The average molecular weight is 180 g/mol. The summed E-state index contributed by atoms with van der Waals surface area (Å²) >= 11 is 0. The van der Waals surface area contributed by atoms with Crippen LogP contribution in [0, 0.1) is 0 Å². The minimum Gasteiger partial charge on any atom is -0.465 e. The summed E-state index contributed by atoms with van der Waals surface area (Å²) in [6.07, 6.45) is 10.8. The van der Waals surface area contributed by atoms with Crippen molar-refractivity contribution in [1.82, 2.24) is 0 Å². The highest BCUT2D eigenvalue weighted by atomic mass is 16.5. The van der Waals surface area contributed by atoms with Crippen LogP contribution in [0.15, 0.2) is 23.8 Å². The van der Waals surface area contributed by atoms with Gasteiger partial charge in [0, 0.05) is 6.42 Å². The summed E-state index contributed by atoms with van der Waals surface area (Å²) in [5.74, 6) is 0. The van der Waals surface area contributed by atoms with Gasteiger partial charge in [0.15, 0.2) is 0 Å². The smallest absolute Gasteiger partial charge is 0.293 e. The monoisotopic (exact) mass is 180 g/mol. The minimum atomic E-state index is 0.0101. The Morgan fingerprint density at radius 3 is 3.08 bits per heavy atom. The third kappa shape index (κ3) is 3.92. The third-order valence-corrected chi connectivity index (χ3v) is 2.21. The van der Waals surface area contributed by atoms with Crippen LogP contribution in [-0.2, 0) is 9.53 Å². The van der Waals surface area contributed by atoms with Crippen molar-refractivity contribution in [3.05, 3.63) is 23.8 Å². The Labute approximate surface area is 79.3 Å². The van der Waals surface area contributed by atoms with E-state index < -0.39 is 0 Å². The molecule has 0 bridgehead atoms. The van der Waals surface area contributed by atoms with E-state index in [1.54, 1.807) is 0 Å². The lowest BCUT2D eigenvalue weighted by molar-refractivity contribution is -0.132. The first-order chi connectivity index (χ1) is 6.33. The summed E-state index contributed by atoms with van der Waals surface area (Å²) < 4.78 is 4.79. The molecule has 1 atom stereocenters. The first kappa shape index (κ1) is 10.0. The molecule has 0 spiro atoms. The molecular formula is C11H16O2. The fraction of sp³-hybridized carbons (Fsp3) is 0.545. The van der Waals surface area contributed by atoms with Gasteiger partial charge in [0.2, 0.25) is 0 Å². The maximum absolute atomic E-state index is 10.0. The van der Waals surface area contributed by atoms with Crippen molar-refractivity contribution in [2.24, 2.45) is 0 Å². The number of allylic oxidation sites excluding steroid dienone is 3. The lowest BCUT2D eigenvalue weighted by Crippen LogP contribution is -2.05. The van der Waals surface area contributed by atoms with Crippen LogP contribution >= 0.6 is 0 Å². The molecule has 1 unspecified atom stereocenters. The van der Waals surface area contributed by atoms with Crippen molar-refractivity contribution in [3.63, 3.8) is 0 Å². The molecule has 0 heterocycles. The van der Waals surface area contributed by atoms with Gasteiger partial charge >= 0.3 is 0 Å². The summed E-state index contributed by atoms with van der Waals surface area (Å²) in [5.41, 5.74) is 1.46. The molecule has 1 aliphatic rings. The third-order valence-electron chi connectivity index (χ3n) is 2.21.